The van der Waals surface area contributed by atoms with Crippen LogP contribution in [0.5, 0.6) is 0 Å². The summed E-state index contributed by atoms with van der Waals surface area (Å²) in [6, 6.07) is 1.77. The molecule has 62 valence electrons. The summed E-state index contributed by atoms with van der Waals surface area (Å²) < 4.78 is 1.58. The topological polar surface area (TPSA) is 58.3 Å². The molecule has 0 saturated carbocycles. The van der Waals surface area contributed by atoms with Crippen LogP contribution >= 0.6 is 0 Å². The predicted octanol–water partition coefficient (Wildman–Crippen LogP) is -0.374. The molecule has 1 aromatic rings. The third-order valence-corrected chi connectivity index (χ3v) is 1.40. The van der Waals surface area contributed by atoms with Crippen LogP contribution in [0.4, 0.5) is 0 Å². The van der Waals surface area contributed by atoms with Crippen LogP contribution in [-0.2, 0) is 6.54 Å². The highest BCUT2D eigenvalue weighted by atomic mass is 16.3. The fourth-order valence-electron chi connectivity index (χ4n) is 0.793. The van der Waals surface area contributed by atoms with E-state index in [1.165, 1.54) is 0 Å². The Balaban J connectivity index is 2.56. The van der Waals surface area contributed by atoms with Gasteiger partial charge in [0.1, 0.15) is 5.60 Å². The molecule has 11 heavy (non-hydrogen) atoms. The lowest BCUT2D eigenvalue weighted by molar-refractivity contribution is -0.0145. The van der Waals surface area contributed by atoms with Gasteiger partial charge in [-0.3, -0.25) is 4.68 Å². The Morgan fingerprint density at radius 2 is 2.36 bits per heavy atom. The second kappa shape index (κ2) is 3.02. The molecule has 0 aliphatic rings. The van der Waals surface area contributed by atoms with Crippen molar-refractivity contribution in [3.8, 4) is 0 Å². The second-order valence-electron chi connectivity index (χ2n) is 2.86. The Morgan fingerprint density at radius 3 is 2.82 bits per heavy atom. The minimum Gasteiger partial charge on any atom is -0.393 e. The molecule has 0 bridgehead atoms. The van der Waals surface area contributed by atoms with Crippen LogP contribution in [0.25, 0.3) is 0 Å². The molecule has 0 radical (unpaired) electrons. The highest BCUT2D eigenvalue weighted by Gasteiger charge is 2.19. The van der Waals surface area contributed by atoms with Gasteiger partial charge in [0.25, 0.3) is 0 Å². The summed E-state index contributed by atoms with van der Waals surface area (Å²) in [4.78, 5) is 0. The molecule has 4 heteroatoms. The molecule has 0 aliphatic heterocycles. The largest absolute Gasteiger partial charge is 0.393 e. The van der Waals surface area contributed by atoms with Crippen LogP contribution in [0.15, 0.2) is 18.5 Å². The van der Waals surface area contributed by atoms with Crippen LogP contribution in [0.1, 0.15) is 6.92 Å². The summed E-state index contributed by atoms with van der Waals surface area (Å²) in [5.74, 6) is 0. The van der Waals surface area contributed by atoms with Crippen molar-refractivity contribution in [3.63, 3.8) is 0 Å². The van der Waals surface area contributed by atoms with Gasteiger partial charge in [-0.05, 0) is 13.0 Å². The summed E-state index contributed by atoms with van der Waals surface area (Å²) in [6.07, 6.45) is 3.37. The monoisotopic (exact) mass is 156 g/mol. The van der Waals surface area contributed by atoms with Crippen molar-refractivity contribution in [2.24, 2.45) is 0 Å². The molecule has 1 aromatic heterocycles. The van der Waals surface area contributed by atoms with Gasteiger partial charge in [0.15, 0.2) is 0 Å². The zero-order chi connectivity index (χ0) is 8.32. The summed E-state index contributed by atoms with van der Waals surface area (Å²) in [5, 5.41) is 22.0. The lowest BCUT2D eigenvalue weighted by Crippen LogP contribution is -2.34. The van der Waals surface area contributed by atoms with Gasteiger partial charge < -0.3 is 10.2 Å². The molecule has 4 nitrogen and oxygen atoms in total. The highest BCUT2D eigenvalue weighted by Crippen LogP contribution is 2.04. The molecule has 1 rings (SSSR count). The van der Waals surface area contributed by atoms with E-state index in [0.717, 1.165) is 0 Å². The first kappa shape index (κ1) is 8.23. The highest BCUT2D eigenvalue weighted by molar-refractivity contribution is 4.81. The number of aliphatic hydroxyl groups excluding tert-OH is 1. The molecule has 0 fully saturated rings. The normalized spacial score (nSPS) is 16.3. The Labute approximate surface area is 65.1 Å². The molecule has 0 aliphatic carbocycles. The zero-order valence-electron chi connectivity index (χ0n) is 6.44. The Hall–Kier alpha value is -0.870. The fraction of sp³-hybridized carbons (Fsp3) is 0.571. The Morgan fingerprint density at radius 1 is 1.64 bits per heavy atom. The van der Waals surface area contributed by atoms with Crippen molar-refractivity contribution in [1.82, 2.24) is 9.78 Å². The van der Waals surface area contributed by atoms with Gasteiger partial charge >= 0.3 is 0 Å². The standard InChI is InChI=1S/C7H12N2O2/c1-7(11,6-10)5-9-4-2-3-8-9/h2-4,10-11H,5-6H2,1H3. The van der Waals surface area contributed by atoms with Gasteiger partial charge in [-0.25, -0.2) is 0 Å². The number of hydrogen-bond acceptors (Lipinski definition) is 3. The van der Waals surface area contributed by atoms with Crippen molar-refractivity contribution in [2.45, 2.75) is 19.1 Å². The lowest BCUT2D eigenvalue weighted by Gasteiger charge is -2.19. The number of aromatic nitrogens is 2. The smallest absolute Gasteiger partial charge is 0.104 e. The van der Waals surface area contributed by atoms with Crippen molar-refractivity contribution >= 4 is 0 Å². The summed E-state index contributed by atoms with van der Waals surface area (Å²) in [7, 11) is 0. The zero-order valence-corrected chi connectivity index (χ0v) is 6.44. The third kappa shape index (κ3) is 2.32. The van der Waals surface area contributed by atoms with Crippen LogP contribution in [-0.4, -0.2) is 32.2 Å². The second-order valence-corrected chi connectivity index (χ2v) is 2.86. The van der Waals surface area contributed by atoms with Crippen molar-refractivity contribution < 1.29 is 10.2 Å². The molecule has 0 aromatic carbocycles. The third-order valence-electron chi connectivity index (χ3n) is 1.40. The Kier molecular flexibility index (Phi) is 2.26. The molecular formula is C7H12N2O2. The average molecular weight is 156 g/mol. The molecule has 1 unspecified atom stereocenters. The van der Waals surface area contributed by atoms with Gasteiger partial charge in [-0.15, -0.1) is 0 Å². The van der Waals surface area contributed by atoms with Gasteiger partial charge in [0.05, 0.1) is 13.2 Å². The fourth-order valence-corrected chi connectivity index (χ4v) is 0.793. The number of aliphatic hydroxyl groups is 2. The first-order valence-corrected chi connectivity index (χ1v) is 3.45. The first-order valence-electron chi connectivity index (χ1n) is 3.45. The molecule has 0 spiro atoms. The van der Waals surface area contributed by atoms with Gasteiger partial charge in [0, 0.05) is 12.4 Å². The van der Waals surface area contributed by atoms with Crippen LogP contribution < -0.4 is 0 Å². The van der Waals surface area contributed by atoms with E-state index in [2.05, 4.69) is 5.10 Å². The molecule has 1 atom stereocenters. The summed E-state index contributed by atoms with van der Waals surface area (Å²) in [6.45, 7) is 1.62. The van der Waals surface area contributed by atoms with E-state index in [4.69, 9.17) is 5.11 Å². The first-order chi connectivity index (χ1) is 5.14. The van der Waals surface area contributed by atoms with Crippen LogP contribution in [0.3, 0.4) is 0 Å². The van der Waals surface area contributed by atoms with E-state index in [1.807, 2.05) is 0 Å². The average Bonchev–Trinajstić information content (AvgIpc) is 2.39. The maximum absolute atomic E-state index is 9.38. The molecule has 0 saturated heterocycles. The summed E-state index contributed by atoms with van der Waals surface area (Å²) >= 11 is 0. The maximum Gasteiger partial charge on any atom is 0.104 e. The number of nitrogens with zero attached hydrogens (tertiary/aromatic N) is 2. The molecule has 2 N–H and O–H groups in total. The van der Waals surface area contributed by atoms with E-state index in [-0.39, 0.29) is 6.61 Å². The predicted molar refractivity (Wildman–Crippen MR) is 39.9 cm³/mol. The van der Waals surface area contributed by atoms with Crippen LogP contribution in [0.2, 0.25) is 0 Å². The number of hydrogen-bond donors (Lipinski definition) is 2. The summed E-state index contributed by atoms with van der Waals surface area (Å²) in [5.41, 5.74) is -1.08. The van der Waals surface area contributed by atoms with E-state index < -0.39 is 5.60 Å². The van der Waals surface area contributed by atoms with Crippen molar-refractivity contribution in [1.29, 1.82) is 0 Å². The van der Waals surface area contributed by atoms with Gasteiger partial charge in [-0.2, -0.15) is 5.10 Å². The van der Waals surface area contributed by atoms with Crippen molar-refractivity contribution in [3.05, 3.63) is 18.5 Å². The quantitative estimate of drug-likeness (QED) is 0.627. The van der Waals surface area contributed by atoms with E-state index in [9.17, 15) is 5.11 Å². The SMILES string of the molecule is CC(O)(CO)Cn1cccn1. The van der Waals surface area contributed by atoms with E-state index >= 15 is 0 Å². The minimum atomic E-state index is -1.08. The maximum atomic E-state index is 9.38. The van der Waals surface area contributed by atoms with Gasteiger partial charge in [-0.1, -0.05) is 0 Å². The minimum absolute atomic E-state index is 0.257. The number of rotatable bonds is 3. The van der Waals surface area contributed by atoms with Crippen LogP contribution in [0, 0.1) is 0 Å². The lowest BCUT2D eigenvalue weighted by atomic mass is 10.1. The van der Waals surface area contributed by atoms with Gasteiger partial charge in [0.2, 0.25) is 0 Å². The van der Waals surface area contributed by atoms with E-state index in [1.54, 1.807) is 30.1 Å². The van der Waals surface area contributed by atoms with E-state index in [0.29, 0.717) is 6.54 Å². The molecule has 1 heterocycles. The molecular weight excluding hydrogens is 144 g/mol. The molecule has 0 amide bonds. The van der Waals surface area contributed by atoms with Crippen molar-refractivity contribution in [2.75, 3.05) is 6.61 Å². The Bertz CT molecular complexity index is 206.